The minimum absolute atomic E-state index is 0.0260. The van der Waals surface area contributed by atoms with E-state index in [1.54, 1.807) is 0 Å². The van der Waals surface area contributed by atoms with Gasteiger partial charge in [-0.25, -0.2) is 0 Å². The molecule has 2 aliphatic heterocycles. The minimum Gasteiger partial charge on any atom is -0.483 e. The summed E-state index contributed by atoms with van der Waals surface area (Å²) < 4.78 is 12.7. The van der Waals surface area contributed by atoms with Crippen molar-refractivity contribution in [2.24, 2.45) is 0 Å². The Kier molecular flexibility index (Phi) is 9.00. The minimum atomic E-state index is -0.892. The van der Waals surface area contributed by atoms with Crippen LogP contribution in [0.3, 0.4) is 0 Å². The standard InChI is InChI=1S/C37H50N2O4/c1-4-6-23-38(24-13-8-7-10-14-28-15-11-9-12-16-28)30-19-20-37(41)32-26-29-17-18-31(42-27(3)40)34-33(29)36(37,35(30)43-34)21-25-39(32)22-5-2/h5,9,11-12,15-18,30,32,35,41H,2,4,6-8,10,13-14,19-26H2,1,3H3/t30?,32-,35?,36+,37-/m1/s1. The lowest BCUT2D eigenvalue weighted by atomic mass is 9.48. The average molecular weight is 587 g/mol. The van der Waals surface area contributed by atoms with Crippen LogP contribution >= 0.6 is 0 Å². The first-order valence-electron chi connectivity index (χ1n) is 16.8. The zero-order valence-electron chi connectivity index (χ0n) is 26.2. The van der Waals surface area contributed by atoms with Gasteiger partial charge in [0.15, 0.2) is 11.5 Å². The fourth-order valence-corrected chi connectivity index (χ4v) is 9.03. The van der Waals surface area contributed by atoms with E-state index < -0.39 is 11.0 Å². The number of likely N-dealkylation sites (tertiary alicyclic amines) is 1. The van der Waals surface area contributed by atoms with E-state index >= 15 is 0 Å². The van der Waals surface area contributed by atoms with Gasteiger partial charge in [-0.15, -0.1) is 6.58 Å². The van der Waals surface area contributed by atoms with Crippen LogP contribution in [-0.4, -0.2) is 70.8 Å². The monoisotopic (exact) mass is 586 g/mol. The average Bonchev–Trinajstić information content (AvgIpc) is 3.35. The van der Waals surface area contributed by atoms with E-state index in [9.17, 15) is 9.90 Å². The van der Waals surface area contributed by atoms with Gasteiger partial charge in [0.05, 0.1) is 11.0 Å². The number of esters is 1. The first-order chi connectivity index (χ1) is 20.9. The summed E-state index contributed by atoms with van der Waals surface area (Å²) >= 11 is 0. The van der Waals surface area contributed by atoms with Gasteiger partial charge < -0.3 is 14.6 Å². The summed E-state index contributed by atoms with van der Waals surface area (Å²) in [6, 6.07) is 15.1. The van der Waals surface area contributed by atoms with Crippen molar-refractivity contribution in [2.45, 2.75) is 114 Å². The molecule has 4 aliphatic rings. The van der Waals surface area contributed by atoms with Crippen molar-refractivity contribution in [3.63, 3.8) is 0 Å². The Morgan fingerprint density at radius 1 is 1.12 bits per heavy atom. The van der Waals surface area contributed by atoms with E-state index in [0.717, 1.165) is 76.7 Å². The number of carbonyl (C=O) groups is 1. The number of aliphatic hydroxyl groups is 1. The van der Waals surface area contributed by atoms with Gasteiger partial charge in [0, 0.05) is 31.1 Å². The molecule has 1 saturated heterocycles. The summed E-state index contributed by atoms with van der Waals surface area (Å²) in [4.78, 5) is 17.2. The highest BCUT2D eigenvalue weighted by Crippen LogP contribution is 2.66. The number of rotatable bonds is 14. The summed E-state index contributed by atoms with van der Waals surface area (Å²) in [6.45, 7) is 11.5. The smallest absolute Gasteiger partial charge is 0.308 e. The Balaban J connectivity index is 1.26. The van der Waals surface area contributed by atoms with Gasteiger partial charge in [-0.05, 0) is 88.2 Å². The maximum Gasteiger partial charge on any atom is 0.308 e. The molecule has 0 amide bonds. The lowest BCUT2D eigenvalue weighted by molar-refractivity contribution is -0.198. The van der Waals surface area contributed by atoms with E-state index in [1.165, 1.54) is 43.7 Å². The van der Waals surface area contributed by atoms with Crippen LogP contribution in [0.4, 0.5) is 0 Å². The lowest BCUT2D eigenvalue weighted by Gasteiger charge is -2.65. The number of carbonyl (C=O) groups excluding carboxylic acids is 1. The molecular weight excluding hydrogens is 536 g/mol. The summed E-state index contributed by atoms with van der Waals surface area (Å²) in [5.74, 6) is 0.863. The Hall–Kier alpha value is -2.67. The highest BCUT2D eigenvalue weighted by molar-refractivity contribution is 5.72. The van der Waals surface area contributed by atoms with E-state index in [0.29, 0.717) is 11.5 Å². The Morgan fingerprint density at radius 3 is 2.67 bits per heavy atom. The quantitative estimate of drug-likeness (QED) is 0.123. The van der Waals surface area contributed by atoms with Gasteiger partial charge in [-0.2, -0.15) is 0 Å². The molecule has 43 heavy (non-hydrogen) atoms. The fourth-order valence-electron chi connectivity index (χ4n) is 9.03. The third-order valence-corrected chi connectivity index (χ3v) is 10.9. The van der Waals surface area contributed by atoms with Crippen LogP contribution in [0, 0.1) is 0 Å². The van der Waals surface area contributed by atoms with Crippen LogP contribution in [0.5, 0.6) is 11.5 Å². The van der Waals surface area contributed by atoms with Gasteiger partial charge in [0.1, 0.15) is 6.10 Å². The van der Waals surface area contributed by atoms with Gasteiger partial charge in [-0.1, -0.05) is 68.7 Å². The summed E-state index contributed by atoms with van der Waals surface area (Å²) in [7, 11) is 0. The Morgan fingerprint density at radius 2 is 1.91 bits per heavy atom. The predicted molar refractivity (Wildman–Crippen MR) is 171 cm³/mol. The predicted octanol–water partition coefficient (Wildman–Crippen LogP) is 6.23. The third kappa shape index (κ3) is 5.34. The van der Waals surface area contributed by atoms with Gasteiger partial charge >= 0.3 is 5.97 Å². The van der Waals surface area contributed by atoms with Gasteiger partial charge in [0.25, 0.3) is 0 Å². The number of hydrogen-bond donors (Lipinski definition) is 1. The maximum atomic E-state index is 12.8. The zero-order chi connectivity index (χ0) is 30.0. The highest BCUT2D eigenvalue weighted by Gasteiger charge is 2.73. The molecule has 6 rings (SSSR count). The van der Waals surface area contributed by atoms with Gasteiger partial charge in [0.2, 0.25) is 0 Å². The molecule has 2 heterocycles. The molecule has 2 aromatic rings. The molecule has 1 saturated carbocycles. The van der Waals surface area contributed by atoms with E-state index in [2.05, 4.69) is 59.7 Å². The van der Waals surface area contributed by atoms with Crippen molar-refractivity contribution >= 4 is 5.97 Å². The molecule has 232 valence electrons. The topological polar surface area (TPSA) is 62.2 Å². The van der Waals surface area contributed by atoms with Crippen LogP contribution in [0.25, 0.3) is 0 Å². The first-order valence-corrected chi connectivity index (χ1v) is 16.8. The fraction of sp³-hybridized carbons (Fsp3) is 0.595. The molecule has 2 aromatic carbocycles. The first kappa shape index (κ1) is 30.4. The number of hydrogen-bond acceptors (Lipinski definition) is 6. The molecule has 5 atom stereocenters. The number of benzene rings is 2. The lowest BCUT2D eigenvalue weighted by Crippen LogP contribution is -2.78. The van der Waals surface area contributed by atoms with Crippen LogP contribution in [-0.2, 0) is 23.1 Å². The summed E-state index contributed by atoms with van der Waals surface area (Å²) in [5, 5.41) is 12.8. The second kappa shape index (κ2) is 12.7. The molecule has 1 N–H and O–H groups in total. The number of piperidine rings is 1. The van der Waals surface area contributed by atoms with Crippen molar-refractivity contribution in [3.05, 3.63) is 71.8 Å². The molecule has 2 unspecified atom stereocenters. The number of unbranched alkanes of at least 4 members (excludes halogenated alkanes) is 4. The van der Waals surface area contributed by atoms with E-state index in [-0.39, 0.29) is 24.2 Å². The Labute approximate surface area is 258 Å². The van der Waals surface area contributed by atoms with E-state index in [1.807, 2.05) is 12.1 Å². The molecule has 0 aromatic heterocycles. The number of aryl methyl sites for hydroxylation is 1. The largest absolute Gasteiger partial charge is 0.483 e. The van der Waals surface area contributed by atoms with Crippen LogP contribution in [0.15, 0.2) is 55.1 Å². The molecule has 1 spiro atoms. The van der Waals surface area contributed by atoms with Crippen LogP contribution in [0.2, 0.25) is 0 Å². The zero-order valence-corrected chi connectivity index (χ0v) is 26.2. The molecule has 2 aliphatic carbocycles. The number of ether oxygens (including phenoxy) is 2. The van der Waals surface area contributed by atoms with Crippen molar-refractivity contribution in [1.82, 2.24) is 9.80 Å². The van der Waals surface area contributed by atoms with Crippen molar-refractivity contribution in [1.29, 1.82) is 0 Å². The normalized spacial score (nSPS) is 28.8. The van der Waals surface area contributed by atoms with Crippen LogP contribution in [0.1, 0.15) is 88.3 Å². The second-order valence-electron chi connectivity index (χ2n) is 13.4. The van der Waals surface area contributed by atoms with Crippen molar-refractivity contribution in [2.75, 3.05) is 26.2 Å². The molecule has 2 fully saturated rings. The molecule has 6 heteroatoms. The highest BCUT2D eigenvalue weighted by atomic mass is 16.6. The molecule has 0 radical (unpaired) electrons. The third-order valence-electron chi connectivity index (χ3n) is 10.9. The van der Waals surface area contributed by atoms with E-state index in [4.69, 9.17) is 9.47 Å². The summed E-state index contributed by atoms with van der Waals surface area (Å²) in [5.41, 5.74) is 2.38. The number of nitrogens with zero attached hydrogens (tertiary/aromatic N) is 2. The van der Waals surface area contributed by atoms with Crippen molar-refractivity contribution in [3.8, 4) is 11.5 Å². The van der Waals surface area contributed by atoms with Crippen LogP contribution < -0.4 is 9.47 Å². The van der Waals surface area contributed by atoms with Crippen molar-refractivity contribution < 1.29 is 19.4 Å². The molecule has 6 nitrogen and oxygen atoms in total. The maximum absolute atomic E-state index is 12.8. The molecular formula is C37H50N2O4. The SMILES string of the molecule is C=CCN1CC[C@]23c4c5ccc(OC(C)=O)c4OC2C(N(CCCC)CCCCCCc2ccccc2)CC[C@@]3(O)[C@H]1C5. The Bertz CT molecular complexity index is 1300. The van der Waals surface area contributed by atoms with Gasteiger partial charge in [-0.3, -0.25) is 14.6 Å². The second-order valence-corrected chi connectivity index (χ2v) is 13.4. The summed E-state index contributed by atoms with van der Waals surface area (Å²) in [6.07, 6.45) is 13.4. The molecule has 2 bridgehead atoms.